The summed E-state index contributed by atoms with van der Waals surface area (Å²) in [4.78, 5) is 14.5. The molecule has 5 nitrogen and oxygen atoms in total. The molecule has 1 amide bonds. The van der Waals surface area contributed by atoms with Crippen LogP contribution < -0.4 is 14.8 Å². The lowest BCUT2D eigenvalue weighted by Gasteiger charge is -2.29. The van der Waals surface area contributed by atoms with Crippen molar-refractivity contribution in [1.29, 1.82) is 0 Å². The fraction of sp³-hybridized carbons (Fsp3) is 0.409. The zero-order chi connectivity index (χ0) is 19.2. The van der Waals surface area contributed by atoms with Gasteiger partial charge in [0, 0.05) is 32.6 Å². The van der Waals surface area contributed by atoms with Crippen molar-refractivity contribution >= 4 is 5.91 Å². The van der Waals surface area contributed by atoms with E-state index in [1.54, 1.807) is 14.2 Å². The van der Waals surface area contributed by atoms with Gasteiger partial charge in [0.1, 0.15) is 0 Å². The molecule has 0 aliphatic carbocycles. The summed E-state index contributed by atoms with van der Waals surface area (Å²) in [5, 5.41) is 3.37. The number of aryl methyl sites for hydroxylation is 1. The summed E-state index contributed by atoms with van der Waals surface area (Å²) in [6, 6.07) is 12.4. The number of nitrogens with one attached hydrogen (secondary N) is 1. The number of benzene rings is 2. The molecule has 0 aromatic heterocycles. The molecule has 0 bridgehead atoms. The molecular weight excluding hydrogens is 340 g/mol. The van der Waals surface area contributed by atoms with Gasteiger partial charge in [0.05, 0.1) is 14.2 Å². The number of carbonyl (C=O) groups excluding carboxylic acids is 1. The number of methoxy groups -OCH3 is 2. The number of nitrogens with zero attached hydrogens (tertiary/aromatic N) is 1. The molecule has 27 heavy (non-hydrogen) atoms. The number of fused-ring (bicyclic) bond motifs is 1. The van der Waals surface area contributed by atoms with Gasteiger partial charge in [0.15, 0.2) is 11.5 Å². The highest BCUT2D eigenvalue weighted by Crippen LogP contribution is 2.33. The Morgan fingerprint density at radius 3 is 2.56 bits per heavy atom. The monoisotopic (exact) mass is 368 g/mol. The van der Waals surface area contributed by atoms with Crippen molar-refractivity contribution in [3.63, 3.8) is 0 Å². The summed E-state index contributed by atoms with van der Waals surface area (Å²) in [7, 11) is 3.28. The minimum Gasteiger partial charge on any atom is -0.493 e. The summed E-state index contributed by atoms with van der Waals surface area (Å²) in [5.41, 5.74) is 4.87. The molecule has 1 aliphatic heterocycles. The van der Waals surface area contributed by atoms with Crippen molar-refractivity contribution < 1.29 is 14.3 Å². The van der Waals surface area contributed by atoms with Crippen LogP contribution in [0.25, 0.3) is 0 Å². The number of hydrogen-bond donors (Lipinski definition) is 1. The van der Waals surface area contributed by atoms with Crippen molar-refractivity contribution in [1.82, 2.24) is 10.2 Å². The van der Waals surface area contributed by atoms with Gasteiger partial charge >= 0.3 is 0 Å². The largest absolute Gasteiger partial charge is 0.493 e. The highest BCUT2D eigenvalue weighted by Gasteiger charge is 2.22. The van der Waals surface area contributed by atoms with Crippen LogP contribution in [0.15, 0.2) is 36.4 Å². The third-order valence-electron chi connectivity index (χ3n) is 5.00. The van der Waals surface area contributed by atoms with E-state index in [0.717, 1.165) is 30.8 Å². The van der Waals surface area contributed by atoms with Gasteiger partial charge in [-0.05, 0) is 42.2 Å². The van der Waals surface area contributed by atoms with E-state index in [9.17, 15) is 4.79 Å². The number of ether oxygens (including phenoxy) is 2. The van der Waals surface area contributed by atoms with E-state index < -0.39 is 0 Å². The van der Waals surface area contributed by atoms with Crippen LogP contribution in [0.1, 0.15) is 28.7 Å². The summed E-state index contributed by atoms with van der Waals surface area (Å²) < 4.78 is 10.8. The molecule has 0 unspecified atom stereocenters. The van der Waals surface area contributed by atoms with Crippen molar-refractivity contribution in [2.45, 2.75) is 32.9 Å². The fourth-order valence-electron chi connectivity index (χ4n) is 3.50. The van der Waals surface area contributed by atoms with E-state index in [-0.39, 0.29) is 5.91 Å². The van der Waals surface area contributed by atoms with E-state index in [2.05, 4.69) is 36.5 Å². The van der Waals surface area contributed by atoms with Crippen LogP contribution in [0, 0.1) is 6.92 Å². The van der Waals surface area contributed by atoms with Crippen LogP contribution in [0.2, 0.25) is 0 Å². The van der Waals surface area contributed by atoms with E-state index in [0.29, 0.717) is 25.3 Å². The maximum atomic E-state index is 12.6. The first-order valence-corrected chi connectivity index (χ1v) is 9.38. The number of carbonyl (C=O) groups is 1. The highest BCUT2D eigenvalue weighted by atomic mass is 16.5. The van der Waals surface area contributed by atoms with Gasteiger partial charge in [-0.3, -0.25) is 4.79 Å². The van der Waals surface area contributed by atoms with Crippen LogP contribution in [-0.4, -0.2) is 38.1 Å². The predicted molar refractivity (Wildman–Crippen MR) is 106 cm³/mol. The zero-order valence-electron chi connectivity index (χ0n) is 16.4. The molecular formula is C22H28N2O3. The van der Waals surface area contributed by atoms with Crippen LogP contribution in [0.4, 0.5) is 0 Å². The molecule has 0 saturated carbocycles. The second-order valence-electron chi connectivity index (χ2n) is 6.96. The van der Waals surface area contributed by atoms with Crippen molar-refractivity contribution in [3.05, 3.63) is 58.7 Å². The van der Waals surface area contributed by atoms with Crippen LogP contribution >= 0.6 is 0 Å². The first-order valence-electron chi connectivity index (χ1n) is 9.38. The SMILES string of the molecule is COc1cc2c(cc1OC)CN(C(=O)CCNCc1cccc(C)c1)CC2. The molecule has 0 radical (unpaired) electrons. The Morgan fingerprint density at radius 1 is 1.11 bits per heavy atom. The third kappa shape index (κ3) is 4.80. The minimum absolute atomic E-state index is 0.187. The minimum atomic E-state index is 0.187. The van der Waals surface area contributed by atoms with Gasteiger partial charge in [-0.25, -0.2) is 0 Å². The molecule has 0 spiro atoms. The lowest BCUT2D eigenvalue weighted by atomic mass is 9.98. The van der Waals surface area contributed by atoms with Gasteiger partial charge in [-0.1, -0.05) is 29.8 Å². The summed E-state index contributed by atoms with van der Waals surface area (Å²) in [6.07, 6.45) is 1.35. The Balaban J connectivity index is 1.51. The van der Waals surface area contributed by atoms with Crippen LogP contribution in [-0.2, 0) is 24.3 Å². The van der Waals surface area contributed by atoms with Crippen LogP contribution in [0.5, 0.6) is 11.5 Å². The second kappa shape index (κ2) is 8.91. The zero-order valence-corrected chi connectivity index (χ0v) is 16.4. The smallest absolute Gasteiger partial charge is 0.224 e. The third-order valence-corrected chi connectivity index (χ3v) is 5.00. The molecule has 0 fully saturated rings. The normalized spacial score (nSPS) is 13.2. The van der Waals surface area contributed by atoms with Gasteiger partial charge in [-0.15, -0.1) is 0 Å². The number of amides is 1. The fourth-order valence-corrected chi connectivity index (χ4v) is 3.50. The quantitative estimate of drug-likeness (QED) is 0.763. The molecule has 2 aromatic carbocycles. The van der Waals surface area contributed by atoms with Gasteiger partial charge < -0.3 is 19.7 Å². The molecule has 0 saturated heterocycles. The summed E-state index contributed by atoms with van der Waals surface area (Å²) in [5.74, 6) is 1.65. The van der Waals surface area contributed by atoms with Gasteiger partial charge in [0.25, 0.3) is 0 Å². The molecule has 5 heteroatoms. The maximum absolute atomic E-state index is 12.6. The average Bonchev–Trinajstić information content (AvgIpc) is 2.69. The van der Waals surface area contributed by atoms with Crippen molar-refractivity contribution in [2.75, 3.05) is 27.3 Å². The Kier molecular flexibility index (Phi) is 6.35. The summed E-state index contributed by atoms with van der Waals surface area (Å²) >= 11 is 0. The second-order valence-corrected chi connectivity index (χ2v) is 6.96. The number of hydrogen-bond acceptors (Lipinski definition) is 4. The van der Waals surface area contributed by atoms with Crippen molar-refractivity contribution in [3.8, 4) is 11.5 Å². The molecule has 1 aliphatic rings. The lowest BCUT2D eigenvalue weighted by molar-refractivity contribution is -0.132. The average molecular weight is 368 g/mol. The molecule has 144 valence electrons. The first-order chi connectivity index (χ1) is 13.1. The molecule has 0 atom stereocenters. The number of rotatable bonds is 7. The Bertz CT molecular complexity index is 804. The van der Waals surface area contributed by atoms with Gasteiger partial charge in [-0.2, -0.15) is 0 Å². The van der Waals surface area contributed by atoms with E-state index >= 15 is 0 Å². The van der Waals surface area contributed by atoms with E-state index in [1.807, 2.05) is 17.0 Å². The standard InChI is InChI=1S/C22H28N2O3/c1-16-5-4-6-17(11-16)14-23-9-7-22(25)24-10-8-18-12-20(26-2)21(27-3)13-19(18)15-24/h4-6,11-13,23H,7-10,14-15H2,1-3H3. The molecule has 1 heterocycles. The van der Waals surface area contributed by atoms with E-state index in [4.69, 9.17) is 9.47 Å². The maximum Gasteiger partial charge on any atom is 0.224 e. The van der Waals surface area contributed by atoms with Crippen molar-refractivity contribution in [2.24, 2.45) is 0 Å². The first kappa shape index (κ1) is 19.2. The summed E-state index contributed by atoms with van der Waals surface area (Å²) in [6.45, 7) is 4.94. The van der Waals surface area contributed by atoms with Crippen LogP contribution in [0.3, 0.4) is 0 Å². The Hall–Kier alpha value is -2.53. The molecule has 3 rings (SSSR count). The van der Waals surface area contributed by atoms with Gasteiger partial charge in [0.2, 0.25) is 5.91 Å². The predicted octanol–water partition coefficient (Wildman–Crippen LogP) is 3.08. The molecule has 2 aromatic rings. The molecule has 1 N–H and O–H groups in total. The van der Waals surface area contributed by atoms with E-state index in [1.165, 1.54) is 16.7 Å². The Labute approximate surface area is 161 Å². The Morgan fingerprint density at radius 2 is 1.85 bits per heavy atom. The highest BCUT2D eigenvalue weighted by molar-refractivity contribution is 5.76. The lowest BCUT2D eigenvalue weighted by Crippen LogP contribution is -2.37. The topological polar surface area (TPSA) is 50.8 Å².